The lowest BCUT2D eigenvalue weighted by Gasteiger charge is -2.19. The molecule has 0 heterocycles. The second kappa shape index (κ2) is 6.08. The van der Waals surface area contributed by atoms with E-state index in [9.17, 15) is 0 Å². The molecule has 0 saturated heterocycles. The molecular weight excluding hydrogens is 192 g/mol. The fourth-order valence-corrected chi connectivity index (χ4v) is 2.84. The van der Waals surface area contributed by atoms with Crippen LogP contribution in [0.15, 0.2) is 30.3 Å². The molecule has 2 rings (SSSR count). The summed E-state index contributed by atoms with van der Waals surface area (Å²) in [6.07, 6.45) is 10.0. The first-order chi connectivity index (χ1) is 7.86. The van der Waals surface area contributed by atoms with Crippen molar-refractivity contribution in [3.05, 3.63) is 41.8 Å². The molecule has 0 N–H and O–H groups in total. The first-order valence-corrected chi connectivity index (χ1v) is 6.74. The van der Waals surface area contributed by atoms with E-state index in [0.29, 0.717) is 0 Å². The van der Waals surface area contributed by atoms with Crippen LogP contribution >= 0.6 is 0 Å². The largest absolute Gasteiger partial charge is 0.0622 e. The summed E-state index contributed by atoms with van der Waals surface area (Å²) < 4.78 is 0. The Balaban J connectivity index is 1.88. The summed E-state index contributed by atoms with van der Waals surface area (Å²) in [6.45, 7) is 2.31. The smallest absolute Gasteiger partial charge is 0.00216 e. The van der Waals surface area contributed by atoms with Crippen molar-refractivity contribution in [2.24, 2.45) is 5.92 Å². The molecule has 0 unspecified atom stereocenters. The Kier molecular flexibility index (Phi) is 4.44. The number of hydrogen-bond acceptors (Lipinski definition) is 0. The first-order valence-electron chi connectivity index (χ1n) is 6.74. The average Bonchev–Trinajstić information content (AvgIpc) is 2.59. The van der Waals surface area contributed by atoms with Crippen LogP contribution in [0.2, 0.25) is 0 Å². The van der Waals surface area contributed by atoms with E-state index in [-0.39, 0.29) is 0 Å². The summed E-state index contributed by atoms with van der Waals surface area (Å²) in [6, 6.07) is 10.9. The van der Waals surface area contributed by atoms with Crippen molar-refractivity contribution in [3.63, 3.8) is 0 Å². The van der Waals surface area contributed by atoms with Gasteiger partial charge in [0.2, 0.25) is 0 Å². The molecular formula is C16H23. The second-order valence-corrected chi connectivity index (χ2v) is 5.21. The minimum atomic E-state index is 0.947. The van der Waals surface area contributed by atoms with Crippen LogP contribution in [-0.4, -0.2) is 0 Å². The molecule has 1 saturated carbocycles. The highest BCUT2D eigenvalue weighted by Crippen LogP contribution is 2.31. The summed E-state index contributed by atoms with van der Waals surface area (Å²) in [5, 5.41) is 0. The van der Waals surface area contributed by atoms with Gasteiger partial charge in [0, 0.05) is 5.92 Å². The SMILES string of the molecule is C[C](CC1CCCCCC1)c1ccccc1. The summed E-state index contributed by atoms with van der Waals surface area (Å²) in [5.41, 5.74) is 1.44. The van der Waals surface area contributed by atoms with Gasteiger partial charge in [-0.1, -0.05) is 75.8 Å². The van der Waals surface area contributed by atoms with Crippen LogP contribution in [0.5, 0.6) is 0 Å². The molecule has 0 bridgehead atoms. The van der Waals surface area contributed by atoms with Crippen molar-refractivity contribution in [2.45, 2.75) is 51.9 Å². The molecule has 87 valence electrons. The van der Waals surface area contributed by atoms with E-state index in [2.05, 4.69) is 37.3 Å². The molecule has 1 radical (unpaired) electrons. The van der Waals surface area contributed by atoms with Crippen molar-refractivity contribution in [1.82, 2.24) is 0 Å². The molecule has 1 aliphatic carbocycles. The van der Waals surface area contributed by atoms with Crippen LogP contribution < -0.4 is 0 Å². The minimum Gasteiger partial charge on any atom is -0.0622 e. The topological polar surface area (TPSA) is 0 Å². The Morgan fingerprint density at radius 2 is 1.62 bits per heavy atom. The van der Waals surface area contributed by atoms with Gasteiger partial charge in [-0.15, -0.1) is 0 Å². The van der Waals surface area contributed by atoms with Crippen molar-refractivity contribution in [3.8, 4) is 0 Å². The standard InChI is InChI=1S/C16H23/c1-14(16-11-7-4-8-12-16)13-15-9-5-2-3-6-10-15/h4,7-8,11-12,15H,2-3,5-6,9-10,13H2,1H3. The fraction of sp³-hybridized carbons (Fsp3) is 0.562. The van der Waals surface area contributed by atoms with Gasteiger partial charge < -0.3 is 0 Å². The highest BCUT2D eigenvalue weighted by molar-refractivity contribution is 5.28. The molecule has 1 aliphatic rings. The Morgan fingerprint density at radius 1 is 1.00 bits per heavy atom. The Bertz CT molecular complexity index is 280. The summed E-state index contributed by atoms with van der Waals surface area (Å²) in [5.74, 6) is 2.52. The van der Waals surface area contributed by atoms with Crippen LogP contribution in [0.3, 0.4) is 0 Å². The second-order valence-electron chi connectivity index (χ2n) is 5.21. The van der Waals surface area contributed by atoms with Crippen molar-refractivity contribution in [2.75, 3.05) is 0 Å². The molecule has 1 fully saturated rings. The van der Waals surface area contributed by atoms with E-state index in [1.807, 2.05) is 0 Å². The molecule has 0 heteroatoms. The van der Waals surface area contributed by atoms with Gasteiger partial charge in [-0.25, -0.2) is 0 Å². The third-order valence-corrected chi connectivity index (χ3v) is 3.84. The van der Waals surface area contributed by atoms with E-state index < -0.39 is 0 Å². The minimum absolute atomic E-state index is 0.947. The quantitative estimate of drug-likeness (QED) is 0.623. The van der Waals surface area contributed by atoms with Gasteiger partial charge in [0.15, 0.2) is 0 Å². The molecule has 1 aromatic rings. The van der Waals surface area contributed by atoms with Crippen molar-refractivity contribution < 1.29 is 0 Å². The van der Waals surface area contributed by atoms with Crippen LogP contribution in [0.1, 0.15) is 57.4 Å². The van der Waals surface area contributed by atoms with Gasteiger partial charge in [0.1, 0.15) is 0 Å². The number of rotatable bonds is 3. The molecule has 0 amide bonds. The zero-order valence-electron chi connectivity index (χ0n) is 10.4. The zero-order valence-corrected chi connectivity index (χ0v) is 10.4. The van der Waals surface area contributed by atoms with E-state index in [1.54, 1.807) is 5.92 Å². The fourth-order valence-electron chi connectivity index (χ4n) is 2.84. The van der Waals surface area contributed by atoms with Gasteiger partial charge in [0.05, 0.1) is 0 Å². The number of benzene rings is 1. The zero-order chi connectivity index (χ0) is 11.2. The van der Waals surface area contributed by atoms with E-state index >= 15 is 0 Å². The van der Waals surface area contributed by atoms with Crippen LogP contribution in [0.25, 0.3) is 0 Å². The van der Waals surface area contributed by atoms with E-state index in [4.69, 9.17) is 0 Å². The Hall–Kier alpha value is -0.780. The van der Waals surface area contributed by atoms with Crippen LogP contribution in [0.4, 0.5) is 0 Å². The predicted molar refractivity (Wildman–Crippen MR) is 70.3 cm³/mol. The third-order valence-electron chi connectivity index (χ3n) is 3.84. The van der Waals surface area contributed by atoms with Gasteiger partial charge in [-0.05, 0) is 17.9 Å². The Labute approximate surface area is 100 Å². The maximum Gasteiger partial charge on any atom is 0.00216 e. The van der Waals surface area contributed by atoms with Crippen molar-refractivity contribution >= 4 is 0 Å². The molecule has 0 spiro atoms. The molecule has 0 aromatic heterocycles. The Morgan fingerprint density at radius 3 is 2.25 bits per heavy atom. The molecule has 1 aromatic carbocycles. The maximum absolute atomic E-state index is 2.31. The van der Waals surface area contributed by atoms with Gasteiger partial charge in [-0.2, -0.15) is 0 Å². The van der Waals surface area contributed by atoms with Gasteiger partial charge >= 0.3 is 0 Å². The highest BCUT2D eigenvalue weighted by atomic mass is 14.2. The average molecular weight is 215 g/mol. The normalized spacial score (nSPS) is 18.6. The third kappa shape index (κ3) is 3.37. The van der Waals surface area contributed by atoms with E-state index in [1.165, 1.54) is 50.5 Å². The van der Waals surface area contributed by atoms with E-state index in [0.717, 1.165) is 5.92 Å². The number of hydrogen-bond donors (Lipinski definition) is 0. The predicted octanol–water partition coefficient (Wildman–Crippen LogP) is 4.99. The molecule has 16 heavy (non-hydrogen) atoms. The lowest BCUT2D eigenvalue weighted by Crippen LogP contribution is -2.05. The van der Waals surface area contributed by atoms with Crippen molar-refractivity contribution in [1.29, 1.82) is 0 Å². The lowest BCUT2D eigenvalue weighted by atomic mass is 9.86. The monoisotopic (exact) mass is 215 g/mol. The summed E-state index contributed by atoms with van der Waals surface area (Å²) in [4.78, 5) is 0. The summed E-state index contributed by atoms with van der Waals surface area (Å²) >= 11 is 0. The molecule has 0 atom stereocenters. The van der Waals surface area contributed by atoms with Gasteiger partial charge in [0.25, 0.3) is 0 Å². The lowest BCUT2D eigenvalue weighted by molar-refractivity contribution is 0.441. The molecule has 0 aliphatic heterocycles. The summed E-state index contributed by atoms with van der Waals surface area (Å²) in [7, 11) is 0. The maximum atomic E-state index is 2.31. The first kappa shape index (κ1) is 11.7. The molecule has 0 nitrogen and oxygen atoms in total. The van der Waals surface area contributed by atoms with Crippen LogP contribution in [-0.2, 0) is 0 Å². The highest BCUT2D eigenvalue weighted by Gasteiger charge is 2.16. The van der Waals surface area contributed by atoms with Gasteiger partial charge in [-0.3, -0.25) is 0 Å². The van der Waals surface area contributed by atoms with Crippen LogP contribution in [0, 0.1) is 11.8 Å².